The second-order valence-corrected chi connectivity index (χ2v) is 10.2. The van der Waals surface area contributed by atoms with Gasteiger partial charge >= 0.3 is 0 Å². The van der Waals surface area contributed by atoms with Gasteiger partial charge < -0.3 is 9.80 Å². The van der Waals surface area contributed by atoms with Crippen molar-refractivity contribution in [2.24, 2.45) is 0 Å². The average Bonchev–Trinajstić information content (AvgIpc) is 2.75. The van der Waals surface area contributed by atoms with Crippen molar-refractivity contribution in [1.82, 2.24) is 0 Å². The number of amides is 1. The Labute approximate surface area is 193 Å². The molecule has 2 aromatic carbocycles. The van der Waals surface area contributed by atoms with E-state index in [4.69, 9.17) is 0 Å². The minimum absolute atomic E-state index is 0.130. The van der Waals surface area contributed by atoms with Gasteiger partial charge in [-0.2, -0.15) is 11.8 Å². The van der Waals surface area contributed by atoms with Crippen LogP contribution in [0.1, 0.15) is 24.0 Å². The van der Waals surface area contributed by atoms with Gasteiger partial charge in [-0.1, -0.05) is 46.8 Å². The molecule has 1 amide bonds. The van der Waals surface area contributed by atoms with Gasteiger partial charge in [-0.05, 0) is 53.5 Å². The Morgan fingerprint density at radius 1 is 1.23 bits per heavy atom. The Morgan fingerprint density at radius 2 is 1.97 bits per heavy atom. The number of carbonyl (C=O) groups is 1. The van der Waals surface area contributed by atoms with E-state index in [2.05, 4.69) is 58.8 Å². The van der Waals surface area contributed by atoms with E-state index >= 15 is 0 Å². The van der Waals surface area contributed by atoms with Crippen LogP contribution in [0.4, 0.5) is 5.69 Å². The zero-order valence-electron chi connectivity index (χ0n) is 17.5. The Kier molecular flexibility index (Phi) is 8.37. The summed E-state index contributed by atoms with van der Waals surface area (Å²) in [6.07, 6.45) is 7.97. The van der Waals surface area contributed by atoms with Gasteiger partial charge in [0.15, 0.2) is 0 Å². The fraction of sp³-hybridized carbons (Fsp3) is 0.320. The summed E-state index contributed by atoms with van der Waals surface area (Å²) in [5, 5.41) is 2.94. The predicted octanol–water partition coefficient (Wildman–Crippen LogP) is 6.13. The van der Waals surface area contributed by atoms with Crippen LogP contribution in [0.25, 0.3) is 6.08 Å². The summed E-state index contributed by atoms with van der Waals surface area (Å²) in [4.78, 5) is 12.3. The summed E-state index contributed by atoms with van der Waals surface area (Å²) in [6, 6.07) is 16.8. The first kappa shape index (κ1) is 22.9. The summed E-state index contributed by atoms with van der Waals surface area (Å²) < 4.78 is 2.00. The molecule has 1 heterocycles. The van der Waals surface area contributed by atoms with Gasteiger partial charge in [0.05, 0.1) is 19.6 Å². The molecule has 2 aromatic rings. The molecule has 0 aliphatic carbocycles. The minimum atomic E-state index is -0.130. The molecule has 0 radical (unpaired) electrons. The Hall–Kier alpha value is -1.82. The lowest BCUT2D eigenvalue weighted by Crippen LogP contribution is -2.52. The molecule has 0 spiro atoms. The summed E-state index contributed by atoms with van der Waals surface area (Å²) in [5.41, 5.74) is 3.09. The van der Waals surface area contributed by atoms with Crippen LogP contribution < -0.4 is 5.32 Å². The second kappa shape index (κ2) is 11.0. The normalized spacial score (nSPS) is 16.9. The molecule has 158 valence electrons. The molecule has 1 atom stereocenters. The second-order valence-electron chi connectivity index (χ2n) is 8.03. The molecule has 1 N–H and O–H groups in total. The SMILES string of the molecule is C=CC[N+](C)(Cc1ccc(NC(=O)C=Cc2cccc(Br)c2)cc1)C1CCSCC1. The number of likely N-dealkylation sites (N-methyl/N-ethyl adjacent to an activating group) is 1. The first-order valence-electron chi connectivity index (χ1n) is 10.3. The van der Waals surface area contributed by atoms with Gasteiger partial charge in [-0.15, -0.1) is 0 Å². The number of thioether (sulfide) groups is 1. The Bertz CT molecular complexity index is 890. The van der Waals surface area contributed by atoms with Crippen molar-refractivity contribution in [2.45, 2.75) is 25.4 Å². The first-order chi connectivity index (χ1) is 14.5. The predicted molar refractivity (Wildman–Crippen MR) is 134 cm³/mol. The van der Waals surface area contributed by atoms with Gasteiger partial charge in [-0.25, -0.2) is 0 Å². The fourth-order valence-electron chi connectivity index (χ4n) is 4.02. The van der Waals surface area contributed by atoms with Gasteiger partial charge in [0, 0.05) is 34.6 Å². The number of halogens is 1. The van der Waals surface area contributed by atoms with Crippen LogP contribution >= 0.6 is 27.7 Å². The van der Waals surface area contributed by atoms with Crippen LogP contribution in [-0.4, -0.2) is 41.5 Å². The van der Waals surface area contributed by atoms with Gasteiger partial charge in [0.2, 0.25) is 5.91 Å². The highest BCUT2D eigenvalue weighted by Crippen LogP contribution is 2.28. The third kappa shape index (κ3) is 6.59. The lowest BCUT2D eigenvalue weighted by Gasteiger charge is -2.43. The van der Waals surface area contributed by atoms with E-state index in [1.807, 2.05) is 48.6 Å². The van der Waals surface area contributed by atoms with Gasteiger partial charge in [0.1, 0.15) is 6.54 Å². The van der Waals surface area contributed by atoms with Crippen molar-refractivity contribution >= 4 is 45.4 Å². The lowest BCUT2D eigenvalue weighted by atomic mass is 10.0. The molecule has 30 heavy (non-hydrogen) atoms. The molecule has 1 fully saturated rings. The molecule has 0 saturated carbocycles. The number of rotatable bonds is 8. The van der Waals surface area contributed by atoms with E-state index in [1.165, 1.54) is 29.9 Å². The number of anilines is 1. The topological polar surface area (TPSA) is 29.1 Å². The zero-order chi connectivity index (χ0) is 21.4. The number of hydrogen-bond donors (Lipinski definition) is 1. The smallest absolute Gasteiger partial charge is 0.248 e. The Morgan fingerprint density at radius 3 is 2.63 bits per heavy atom. The van der Waals surface area contributed by atoms with E-state index in [1.54, 1.807) is 6.08 Å². The van der Waals surface area contributed by atoms with E-state index in [0.717, 1.165) is 33.3 Å². The van der Waals surface area contributed by atoms with Crippen LogP contribution in [0.5, 0.6) is 0 Å². The maximum absolute atomic E-state index is 12.3. The summed E-state index contributed by atoms with van der Waals surface area (Å²) in [5.74, 6) is 2.39. The molecule has 1 aliphatic heterocycles. The first-order valence-corrected chi connectivity index (χ1v) is 12.3. The number of nitrogens with zero attached hydrogens (tertiary/aromatic N) is 1. The fourth-order valence-corrected chi connectivity index (χ4v) is 5.52. The van der Waals surface area contributed by atoms with Crippen LogP contribution in [-0.2, 0) is 11.3 Å². The molecule has 0 aromatic heterocycles. The molecule has 1 unspecified atom stereocenters. The summed E-state index contributed by atoms with van der Waals surface area (Å²) in [7, 11) is 2.35. The quantitative estimate of drug-likeness (QED) is 0.276. The number of nitrogens with one attached hydrogen (secondary N) is 1. The highest BCUT2D eigenvalue weighted by Gasteiger charge is 2.33. The van der Waals surface area contributed by atoms with Gasteiger partial charge in [0.25, 0.3) is 0 Å². The monoisotopic (exact) mass is 485 g/mol. The van der Waals surface area contributed by atoms with Crippen LogP contribution in [0.2, 0.25) is 0 Å². The lowest BCUT2D eigenvalue weighted by molar-refractivity contribution is -0.941. The molecule has 0 bridgehead atoms. The van der Waals surface area contributed by atoms with Crippen LogP contribution in [0, 0.1) is 0 Å². The van der Waals surface area contributed by atoms with E-state index < -0.39 is 0 Å². The summed E-state index contributed by atoms with van der Waals surface area (Å²) in [6.45, 7) is 5.96. The van der Waals surface area contributed by atoms with Crippen molar-refractivity contribution in [2.75, 3.05) is 30.4 Å². The van der Waals surface area contributed by atoms with Gasteiger partial charge in [-0.3, -0.25) is 4.79 Å². The van der Waals surface area contributed by atoms with Crippen LogP contribution in [0.3, 0.4) is 0 Å². The molecule has 5 heteroatoms. The maximum Gasteiger partial charge on any atom is 0.248 e. The van der Waals surface area contributed by atoms with Crippen molar-refractivity contribution in [1.29, 1.82) is 0 Å². The molecule has 3 rings (SSSR count). The third-order valence-corrected chi connectivity index (χ3v) is 7.20. The molecule has 1 aliphatic rings. The van der Waals surface area contributed by atoms with E-state index in [-0.39, 0.29) is 5.91 Å². The number of quaternary nitrogens is 1. The zero-order valence-corrected chi connectivity index (χ0v) is 19.9. The minimum Gasteiger partial charge on any atom is -0.323 e. The van der Waals surface area contributed by atoms with Crippen molar-refractivity contribution in [3.8, 4) is 0 Å². The van der Waals surface area contributed by atoms with Crippen molar-refractivity contribution in [3.05, 3.63) is 82.9 Å². The Balaban J connectivity index is 1.60. The molecular weight excluding hydrogens is 456 g/mol. The molecule has 3 nitrogen and oxygen atoms in total. The molecule has 1 saturated heterocycles. The van der Waals surface area contributed by atoms with Crippen molar-refractivity contribution < 1.29 is 9.28 Å². The molecular formula is C25H30BrN2OS+. The largest absolute Gasteiger partial charge is 0.323 e. The highest BCUT2D eigenvalue weighted by molar-refractivity contribution is 9.10. The number of benzene rings is 2. The number of carbonyl (C=O) groups excluding carboxylic acids is 1. The van der Waals surface area contributed by atoms with E-state index in [9.17, 15) is 4.79 Å². The number of hydrogen-bond acceptors (Lipinski definition) is 2. The van der Waals surface area contributed by atoms with Crippen LogP contribution in [0.15, 0.2) is 71.7 Å². The third-order valence-electron chi connectivity index (χ3n) is 5.66. The van der Waals surface area contributed by atoms with Crippen molar-refractivity contribution in [3.63, 3.8) is 0 Å². The highest BCUT2D eigenvalue weighted by atomic mass is 79.9. The maximum atomic E-state index is 12.3. The van der Waals surface area contributed by atoms with E-state index in [0.29, 0.717) is 6.04 Å². The average molecular weight is 486 g/mol. The standard InChI is InChI=1S/C25H29BrN2OS/c1-3-15-28(2,24-13-16-30-17-14-24)19-21-7-10-23(11-8-21)27-25(29)12-9-20-5-4-6-22(26)18-20/h3-12,18,24H,1,13-17,19H2,2H3/p+1. The summed E-state index contributed by atoms with van der Waals surface area (Å²) >= 11 is 5.51.